The molecular weight excluding hydrogens is 244 g/mol. The topological polar surface area (TPSA) is 63.6 Å². The number of carboxylic acid groups (broad SMARTS) is 1. The summed E-state index contributed by atoms with van der Waals surface area (Å²) in [5.41, 5.74) is 0. The van der Waals surface area contributed by atoms with Gasteiger partial charge in [0.15, 0.2) is 0 Å². The summed E-state index contributed by atoms with van der Waals surface area (Å²) in [5, 5.41) is 9.32. The van der Waals surface area contributed by atoms with Crippen LogP contribution in [0.4, 0.5) is 0 Å². The molecule has 2 aliphatic carbocycles. The second kappa shape index (κ2) is 6.22. The SMILES string of the molecule is COC(=O)CCCC=CC1C2CCC(C2)C1C(=O)O. The maximum Gasteiger partial charge on any atom is 0.307 e. The van der Waals surface area contributed by atoms with Crippen LogP contribution in [0.25, 0.3) is 0 Å². The molecule has 2 bridgehead atoms. The average Bonchev–Trinajstić information content (AvgIpc) is 2.98. The number of allylic oxidation sites excluding steroid dienone is 2. The molecule has 2 saturated carbocycles. The predicted octanol–water partition coefficient (Wildman–Crippen LogP) is 2.63. The van der Waals surface area contributed by atoms with Crippen LogP contribution in [0.3, 0.4) is 0 Å². The van der Waals surface area contributed by atoms with Gasteiger partial charge in [-0.25, -0.2) is 0 Å². The highest BCUT2D eigenvalue weighted by Gasteiger charge is 2.49. The van der Waals surface area contributed by atoms with Gasteiger partial charge in [-0.1, -0.05) is 12.2 Å². The van der Waals surface area contributed by atoms with Gasteiger partial charge < -0.3 is 9.84 Å². The van der Waals surface area contributed by atoms with Crippen molar-refractivity contribution in [1.29, 1.82) is 0 Å². The van der Waals surface area contributed by atoms with E-state index in [2.05, 4.69) is 10.8 Å². The zero-order chi connectivity index (χ0) is 13.8. The largest absolute Gasteiger partial charge is 0.481 e. The minimum absolute atomic E-state index is 0.184. The lowest BCUT2D eigenvalue weighted by Crippen LogP contribution is -2.28. The van der Waals surface area contributed by atoms with Gasteiger partial charge in [0.25, 0.3) is 0 Å². The Morgan fingerprint density at radius 3 is 2.74 bits per heavy atom. The molecule has 2 rings (SSSR count). The van der Waals surface area contributed by atoms with Crippen LogP contribution in [0.2, 0.25) is 0 Å². The Labute approximate surface area is 113 Å². The van der Waals surface area contributed by atoms with Gasteiger partial charge in [0.1, 0.15) is 0 Å². The van der Waals surface area contributed by atoms with Gasteiger partial charge in [0, 0.05) is 6.42 Å². The zero-order valence-electron chi connectivity index (χ0n) is 11.4. The number of unbranched alkanes of at least 4 members (excludes halogenated alkanes) is 1. The van der Waals surface area contributed by atoms with E-state index >= 15 is 0 Å². The van der Waals surface area contributed by atoms with Crippen molar-refractivity contribution in [2.24, 2.45) is 23.7 Å². The Morgan fingerprint density at radius 2 is 2.05 bits per heavy atom. The van der Waals surface area contributed by atoms with Crippen LogP contribution in [0.15, 0.2) is 12.2 Å². The monoisotopic (exact) mass is 266 g/mol. The molecule has 4 unspecified atom stereocenters. The van der Waals surface area contributed by atoms with Gasteiger partial charge in [0.2, 0.25) is 0 Å². The van der Waals surface area contributed by atoms with Crippen molar-refractivity contribution in [2.45, 2.75) is 38.5 Å². The normalized spacial score (nSPS) is 32.9. The number of carbonyl (C=O) groups is 2. The third-order valence-electron chi connectivity index (χ3n) is 4.60. The smallest absolute Gasteiger partial charge is 0.307 e. The molecule has 4 heteroatoms. The van der Waals surface area contributed by atoms with Crippen molar-refractivity contribution in [3.8, 4) is 0 Å². The summed E-state index contributed by atoms with van der Waals surface area (Å²) in [6, 6.07) is 0. The van der Waals surface area contributed by atoms with Crippen LogP contribution < -0.4 is 0 Å². The number of fused-ring (bicyclic) bond motifs is 2. The van der Waals surface area contributed by atoms with Crippen molar-refractivity contribution >= 4 is 11.9 Å². The summed E-state index contributed by atoms with van der Waals surface area (Å²) >= 11 is 0. The quantitative estimate of drug-likeness (QED) is 0.456. The van der Waals surface area contributed by atoms with Crippen molar-refractivity contribution in [3.05, 3.63) is 12.2 Å². The van der Waals surface area contributed by atoms with Crippen molar-refractivity contribution in [2.75, 3.05) is 7.11 Å². The van der Waals surface area contributed by atoms with E-state index in [4.69, 9.17) is 0 Å². The summed E-state index contributed by atoms with van der Waals surface area (Å²) in [7, 11) is 1.39. The number of methoxy groups -OCH3 is 1. The van der Waals surface area contributed by atoms with E-state index in [1.807, 2.05) is 6.08 Å². The lowest BCUT2D eigenvalue weighted by Gasteiger charge is -2.25. The molecule has 0 spiro atoms. The minimum atomic E-state index is -0.642. The molecule has 0 aliphatic heterocycles. The van der Waals surface area contributed by atoms with Crippen LogP contribution in [0.5, 0.6) is 0 Å². The Hall–Kier alpha value is -1.32. The number of rotatable bonds is 6. The number of ether oxygens (including phenoxy) is 1. The molecule has 4 atom stereocenters. The lowest BCUT2D eigenvalue weighted by atomic mass is 9.79. The molecule has 0 aromatic heterocycles. The molecule has 106 valence electrons. The fourth-order valence-corrected chi connectivity index (χ4v) is 3.70. The van der Waals surface area contributed by atoms with Crippen LogP contribution in [-0.2, 0) is 14.3 Å². The van der Waals surface area contributed by atoms with Gasteiger partial charge in [-0.3, -0.25) is 9.59 Å². The Bertz CT molecular complexity index is 374. The number of esters is 1. The third kappa shape index (κ3) is 3.17. The number of aliphatic carboxylic acids is 1. The van der Waals surface area contributed by atoms with Crippen molar-refractivity contribution in [3.63, 3.8) is 0 Å². The summed E-state index contributed by atoms with van der Waals surface area (Å²) in [4.78, 5) is 22.3. The van der Waals surface area contributed by atoms with Crippen LogP contribution in [0.1, 0.15) is 38.5 Å². The Balaban J connectivity index is 1.81. The first-order chi connectivity index (χ1) is 9.13. The van der Waals surface area contributed by atoms with Crippen LogP contribution >= 0.6 is 0 Å². The second-order valence-electron chi connectivity index (χ2n) is 5.67. The second-order valence-corrected chi connectivity index (χ2v) is 5.67. The number of hydrogen-bond acceptors (Lipinski definition) is 3. The molecular formula is C15H22O4. The fourth-order valence-electron chi connectivity index (χ4n) is 3.70. The minimum Gasteiger partial charge on any atom is -0.481 e. The molecule has 2 aliphatic rings. The van der Waals surface area contributed by atoms with E-state index in [1.54, 1.807) is 0 Å². The first kappa shape index (κ1) is 14.1. The zero-order valence-corrected chi connectivity index (χ0v) is 11.4. The predicted molar refractivity (Wildman–Crippen MR) is 70.5 cm³/mol. The van der Waals surface area contributed by atoms with Crippen molar-refractivity contribution in [1.82, 2.24) is 0 Å². The highest BCUT2D eigenvalue weighted by Crippen LogP contribution is 2.52. The molecule has 0 aromatic carbocycles. The summed E-state index contributed by atoms with van der Waals surface area (Å²) < 4.78 is 4.58. The highest BCUT2D eigenvalue weighted by molar-refractivity contribution is 5.72. The van der Waals surface area contributed by atoms with Gasteiger partial charge in [0.05, 0.1) is 13.0 Å². The molecule has 0 saturated heterocycles. The molecule has 0 aromatic rings. The molecule has 1 N–H and O–H groups in total. The Morgan fingerprint density at radius 1 is 1.32 bits per heavy atom. The van der Waals surface area contributed by atoms with Crippen LogP contribution in [0, 0.1) is 23.7 Å². The average molecular weight is 266 g/mol. The first-order valence-corrected chi connectivity index (χ1v) is 7.09. The van der Waals surface area contributed by atoms with Crippen LogP contribution in [-0.4, -0.2) is 24.2 Å². The number of carboxylic acids is 1. The van der Waals surface area contributed by atoms with Gasteiger partial charge in [-0.2, -0.15) is 0 Å². The molecule has 2 fully saturated rings. The van der Waals surface area contributed by atoms with E-state index in [9.17, 15) is 14.7 Å². The number of carbonyl (C=O) groups excluding carboxylic acids is 1. The molecule has 0 heterocycles. The van der Waals surface area contributed by atoms with Gasteiger partial charge >= 0.3 is 11.9 Å². The third-order valence-corrected chi connectivity index (χ3v) is 4.60. The number of hydrogen-bond donors (Lipinski definition) is 1. The lowest BCUT2D eigenvalue weighted by molar-refractivity contribution is -0.144. The summed E-state index contributed by atoms with van der Waals surface area (Å²) in [6.45, 7) is 0. The highest BCUT2D eigenvalue weighted by atomic mass is 16.5. The molecule has 0 amide bonds. The Kier molecular flexibility index (Phi) is 4.61. The van der Waals surface area contributed by atoms with Gasteiger partial charge in [-0.05, 0) is 49.9 Å². The fraction of sp³-hybridized carbons (Fsp3) is 0.733. The van der Waals surface area contributed by atoms with Crippen molar-refractivity contribution < 1.29 is 19.4 Å². The summed E-state index contributed by atoms with van der Waals surface area (Å²) in [5.74, 6) is 0.133. The summed E-state index contributed by atoms with van der Waals surface area (Å²) in [6.07, 6.45) is 9.47. The van der Waals surface area contributed by atoms with E-state index < -0.39 is 5.97 Å². The molecule has 4 nitrogen and oxygen atoms in total. The van der Waals surface area contributed by atoms with E-state index in [0.29, 0.717) is 18.3 Å². The first-order valence-electron chi connectivity index (χ1n) is 7.09. The van der Waals surface area contributed by atoms with E-state index in [1.165, 1.54) is 13.5 Å². The van der Waals surface area contributed by atoms with E-state index in [0.717, 1.165) is 25.7 Å². The van der Waals surface area contributed by atoms with Gasteiger partial charge in [-0.15, -0.1) is 0 Å². The molecule has 0 radical (unpaired) electrons. The maximum absolute atomic E-state index is 11.3. The standard InChI is InChI=1S/C15H22O4/c1-19-13(16)6-4-2-3-5-12-10-7-8-11(9-10)14(12)15(17)18/h3,5,10-12,14H,2,4,6-9H2,1H3,(H,17,18). The van der Waals surface area contributed by atoms with E-state index in [-0.39, 0.29) is 17.8 Å². The maximum atomic E-state index is 11.3. The molecule has 19 heavy (non-hydrogen) atoms.